The molecule has 5 nitrogen and oxygen atoms in total. The van der Waals surface area contributed by atoms with E-state index in [2.05, 4.69) is 32.3 Å². The van der Waals surface area contributed by atoms with Gasteiger partial charge in [-0.3, -0.25) is 9.36 Å². The van der Waals surface area contributed by atoms with Gasteiger partial charge in [0, 0.05) is 18.3 Å². The van der Waals surface area contributed by atoms with Crippen molar-refractivity contribution >= 4 is 5.91 Å². The summed E-state index contributed by atoms with van der Waals surface area (Å²) in [5, 5.41) is 6.37. The average Bonchev–Trinajstić information content (AvgIpc) is 2.97. The molecule has 2 aromatic rings. The van der Waals surface area contributed by atoms with E-state index in [-0.39, 0.29) is 5.91 Å². The summed E-state index contributed by atoms with van der Waals surface area (Å²) in [6.45, 7) is 2.95. The lowest BCUT2D eigenvalue weighted by Gasteiger charge is -2.22. The molecule has 1 aromatic carbocycles. The summed E-state index contributed by atoms with van der Waals surface area (Å²) in [5.41, 5.74) is 2.15. The number of amides is 1. The number of benzene rings is 1. The third-order valence-electron chi connectivity index (χ3n) is 4.59. The Kier molecular flexibility index (Phi) is 5.64. The second-order valence-corrected chi connectivity index (χ2v) is 6.47. The van der Waals surface area contributed by atoms with Crippen molar-refractivity contribution in [2.45, 2.75) is 51.6 Å². The Hall–Kier alpha value is -2.14. The molecule has 1 aliphatic carbocycles. The summed E-state index contributed by atoms with van der Waals surface area (Å²) in [6, 6.07) is 10.5. The van der Waals surface area contributed by atoms with E-state index in [1.807, 2.05) is 31.3 Å². The molecule has 1 aliphatic rings. The summed E-state index contributed by atoms with van der Waals surface area (Å²) < 4.78 is 2.12. The van der Waals surface area contributed by atoms with Gasteiger partial charge in [-0.15, -0.1) is 0 Å². The Balaban J connectivity index is 1.53. The molecule has 0 saturated heterocycles. The molecule has 1 heterocycles. The summed E-state index contributed by atoms with van der Waals surface area (Å²) in [6.07, 6.45) is 7.86. The van der Waals surface area contributed by atoms with Crippen LogP contribution in [-0.4, -0.2) is 28.0 Å². The van der Waals surface area contributed by atoms with E-state index in [0.717, 1.165) is 30.0 Å². The van der Waals surface area contributed by atoms with Gasteiger partial charge in [0.25, 0.3) is 0 Å². The monoisotopic (exact) mass is 326 g/mol. The molecule has 0 spiro atoms. The molecular weight excluding hydrogens is 300 g/mol. The van der Waals surface area contributed by atoms with Crippen LogP contribution in [0.4, 0.5) is 0 Å². The number of carbonyl (C=O) groups excluding carboxylic acids is 1. The van der Waals surface area contributed by atoms with E-state index < -0.39 is 0 Å². The van der Waals surface area contributed by atoms with Crippen LogP contribution in [0.3, 0.4) is 0 Å². The van der Waals surface area contributed by atoms with Crippen molar-refractivity contribution in [1.82, 2.24) is 20.2 Å². The number of nitrogens with zero attached hydrogens (tertiary/aromatic N) is 2. The smallest absolute Gasteiger partial charge is 0.234 e. The molecule has 2 N–H and O–H groups in total. The number of aryl methyl sites for hydroxylation is 1. The predicted octanol–water partition coefficient (Wildman–Crippen LogP) is 2.72. The fourth-order valence-electron chi connectivity index (χ4n) is 3.38. The standard InChI is InChI=1S/C19H26N4O/c1-15-21-13-18(23(15)17-10-6-3-7-11-17)12-20-14-19(24)22-16-8-4-2-5-9-16/h3,6-7,10-11,13,16,20H,2,4-5,8-9,12,14H2,1H3,(H,22,24). The molecule has 1 amide bonds. The van der Waals surface area contributed by atoms with Crippen molar-refractivity contribution in [3.05, 3.63) is 48.0 Å². The highest BCUT2D eigenvalue weighted by Crippen LogP contribution is 2.17. The Morgan fingerprint density at radius 3 is 2.71 bits per heavy atom. The van der Waals surface area contributed by atoms with Gasteiger partial charge in [-0.2, -0.15) is 0 Å². The molecule has 0 aliphatic heterocycles. The predicted molar refractivity (Wildman–Crippen MR) is 95.0 cm³/mol. The van der Waals surface area contributed by atoms with E-state index in [4.69, 9.17) is 0 Å². The van der Waals surface area contributed by atoms with Gasteiger partial charge in [0.2, 0.25) is 5.91 Å². The first-order valence-corrected chi connectivity index (χ1v) is 8.83. The average molecular weight is 326 g/mol. The highest BCUT2D eigenvalue weighted by Gasteiger charge is 2.15. The number of hydrogen-bond acceptors (Lipinski definition) is 3. The van der Waals surface area contributed by atoms with Gasteiger partial charge >= 0.3 is 0 Å². The van der Waals surface area contributed by atoms with Gasteiger partial charge in [-0.05, 0) is 31.9 Å². The molecule has 1 aromatic heterocycles. The number of aromatic nitrogens is 2. The zero-order valence-corrected chi connectivity index (χ0v) is 14.3. The topological polar surface area (TPSA) is 59.0 Å². The highest BCUT2D eigenvalue weighted by molar-refractivity contribution is 5.78. The maximum atomic E-state index is 12.1. The molecule has 0 atom stereocenters. The minimum Gasteiger partial charge on any atom is -0.352 e. The number of carbonyl (C=O) groups is 1. The Morgan fingerprint density at radius 2 is 1.96 bits per heavy atom. The summed E-state index contributed by atoms with van der Waals surface area (Å²) >= 11 is 0. The van der Waals surface area contributed by atoms with Crippen LogP contribution in [0.5, 0.6) is 0 Å². The second-order valence-electron chi connectivity index (χ2n) is 6.47. The van der Waals surface area contributed by atoms with Crippen LogP contribution >= 0.6 is 0 Å². The molecule has 5 heteroatoms. The molecule has 128 valence electrons. The van der Waals surface area contributed by atoms with Crippen molar-refractivity contribution in [3.63, 3.8) is 0 Å². The van der Waals surface area contributed by atoms with Crippen LogP contribution in [0.2, 0.25) is 0 Å². The SMILES string of the molecule is Cc1ncc(CNCC(=O)NC2CCCCC2)n1-c1ccccc1. The van der Waals surface area contributed by atoms with Crippen molar-refractivity contribution in [2.75, 3.05) is 6.54 Å². The minimum atomic E-state index is 0.0874. The van der Waals surface area contributed by atoms with Crippen LogP contribution in [0.15, 0.2) is 36.5 Å². The third kappa shape index (κ3) is 4.23. The molecule has 0 radical (unpaired) electrons. The van der Waals surface area contributed by atoms with Crippen molar-refractivity contribution in [2.24, 2.45) is 0 Å². The lowest BCUT2D eigenvalue weighted by molar-refractivity contribution is -0.121. The normalized spacial score (nSPS) is 15.4. The second kappa shape index (κ2) is 8.11. The fourth-order valence-corrected chi connectivity index (χ4v) is 3.38. The largest absolute Gasteiger partial charge is 0.352 e. The molecular formula is C19H26N4O. The zero-order chi connectivity index (χ0) is 16.8. The number of imidazole rings is 1. The first kappa shape index (κ1) is 16.7. The molecule has 24 heavy (non-hydrogen) atoms. The number of rotatable bonds is 6. The summed E-state index contributed by atoms with van der Waals surface area (Å²) in [4.78, 5) is 16.5. The van der Waals surface area contributed by atoms with Crippen LogP contribution in [0, 0.1) is 6.92 Å². The summed E-state index contributed by atoms with van der Waals surface area (Å²) in [7, 11) is 0. The maximum Gasteiger partial charge on any atom is 0.234 e. The van der Waals surface area contributed by atoms with Gasteiger partial charge in [0.1, 0.15) is 5.82 Å². The lowest BCUT2D eigenvalue weighted by Crippen LogP contribution is -2.41. The molecule has 0 bridgehead atoms. The zero-order valence-electron chi connectivity index (χ0n) is 14.3. The Bertz CT molecular complexity index is 659. The fraction of sp³-hybridized carbons (Fsp3) is 0.474. The van der Waals surface area contributed by atoms with E-state index in [9.17, 15) is 4.79 Å². The van der Waals surface area contributed by atoms with Crippen LogP contribution in [0.1, 0.15) is 43.6 Å². The van der Waals surface area contributed by atoms with Crippen LogP contribution < -0.4 is 10.6 Å². The van der Waals surface area contributed by atoms with Crippen molar-refractivity contribution < 1.29 is 4.79 Å². The Labute approximate surface area is 143 Å². The van der Waals surface area contributed by atoms with Gasteiger partial charge < -0.3 is 10.6 Å². The number of hydrogen-bond donors (Lipinski definition) is 2. The molecule has 0 unspecified atom stereocenters. The Morgan fingerprint density at radius 1 is 1.21 bits per heavy atom. The van der Waals surface area contributed by atoms with E-state index in [1.54, 1.807) is 0 Å². The van der Waals surface area contributed by atoms with E-state index in [1.165, 1.54) is 19.3 Å². The van der Waals surface area contributed by atoms with Gasteiger partial charge in [-0.1, -0.05) is 37.5 Å². The lowest BCUT2D eigenvalue weighted by atomic mass is 9.95. The first-order chi connectivity index (χ1) is 11.7. The first-order valence-electron chi connectivity index (χ1n) is 8.83. The highest BCUT2D eigenvalue weighted by atomic mass is 16.1. The molecule has 3 rings (SSSR count). The van der Waals surface area contributed by atoms with Gasteiger partial charge in [0.05, 0.1) is 18.4 Å². The number of para-hydroxylation sites is 1. The number of nitrogens with one attached hydrogen (secondary N) is 2. The van der Waals surface area contributed by atoms with Crippen molar-refractivity contribution in [3.8, 4) is 5.69 Å². The quantitative estimate of drug-likeness (QED) is 0.858. The van der Waals surface area contributed by atoms with E-state index >= 15 is 0 Å². The third-order valence-corrected chi connectivity index (χ3v) is 4.59. The summed E-state index contributed by atoms with van der Waals surface area (Å²) in [5.74, 6) is 1.04. The van der Waals surface area contributed by atoms with Crippen molar-refractivity contribution in [1.29, 1.82) is 0 Å². The van der Waals surface area contributed by atoms with Gasteiger partial charge in [-0.25, -0.2) is 4.98 Å². The molecule has 1 saturated carbocycles. The van der Waals surface area contributed by atoms with Crippen LogP contribution in [0.25, 0.3) is 5.69 Å². The minimum absolute atomic E-state index is 0.0874. The van der Waals surface area contributed by atoms with E-state index in [0.29, 0.717) is 19.1 Å². The molecule has 1 fully saturated rings. The van der Waals surface area contributed by atoms with Crippen LogP contribution in [-0.2, 0) is 11.3 Å². The van der Waals surface area contributed by atoms with Gasteiger partial charge in [0.15, 0.2) is 0 Å². The maximum absolute atomic E-state index is 12.1.